The molecule has 0 aromatic carbocycles. The summed E-state index contributed by atoms with van der Waals surface area (Å²) >= 11 is 0. The molecular weight excluding hydrogens is 336 g/mol. The van der Waals surface area contributed by atoms with Crippen LogP contribution in [-0.2, 0) is 26.2 Å². The Morgan fingerprint density at radius 1 is 1.21 bits per heavy atom. The lowest BCUT2D eigenvalue weighted by Crippen LogP contribution is -2.41. The Balaban J connectivity index is 2.83. The molecule has 1 rings (SSSR count). The van der Waals surface area contributed by atoms with Crippen LogP contribution < -0.4 is 16.2 Å². The van der Waals surface area contributed by atoms with Crippen LogP contribution in [-0.4, -0.2) is 55.8 Å². The Hall–Kier alpha value is -2.20. The number of nitrogens with one attached hydrogen (secondary N) is 2. The van der Waals surface area contributed by atoms with E-state index in [1.54, 1.807) is 13.8 Å². The standard InChI is InChI=1S/C14H22N4O5S/c1-10(2)16-12(19)7-15-13(20)9-18-8-11(5-6-14(18)21)24(22,23)17(3)4/h5-6,8,10H,7,9H2,1-4H3,(H,15,20)(H,16,19). The second-order valence-electron chi connectivity index (χ2n) is 5.62. The maximum absolute atomic E-state index is 12.1. The Kier molecular flexibility index (Phi) is 6.67. The van der Waals surface area contributed by atoms with E-state index in [2.05, 4.69) is 10.6 Å². The molecule has 1 aromatic rings. The molecule has 0 fully saturated rings. The second kappa shape index (κ2) is 8.06. The summed E-state index contributed by atoms with van der Waals surface area (Å²) in [5.41, 5.74) is -0.519. The van der Waals surface area contributed by atoms with Gasteiger partial charge in [-0.05, 0) is 19.9 Å². The first kappa shape index (κ1) is 19.8. The van der Waals surface area contributed by atoms with Crippen molar-refractivity contribution in [1.29, 1.82) is 0 Å². The van der Waals surface area contributed by atoms with Crippen molar-refractivity contribution < 1.29 is 18.0 Å². The summed E-state index contributed by atoms with van der Waals surface area (Å²) < 4.78 is 26.1. The number of carbonyl (C=O) groups excluding carboxylic acids is 2. The minimum atomic E-state index is -3.71. The normalized spacial score (nSPS) is 11.6. The highest BCUT2D eigenvalue weighted by atomic mass is 32.2. The number of hydrogen-bond acceptors (Lipinski definition) is 5. The van der Waals surface area contributed by atoms with Gasteiger partial charge in [-0.2, -0.15) is 0 Å². The van der Waals surface area contributed by atoms with E-state index in [4.69, 9.17) is 0 Å². The van der Waals surface area contributed by atoms with Gasteiger partial charge in [0.15, 0.2) is 0 Å². The van der Waals surface area contributed by atoms with Crippen molar-refractivity contribution >= 4 is 21.8 Å². The highest BCUT2D eigenvalue weighted by Crippen LogP contribution is 2.10. The SMILES string of the molecule is CC(C)NC(=O)CNC(=O)Cn1cc(S(=O)(=O)N(C)C)ccc1=O. The van der Waals surface area contributed by atoms with Crippen molar-refractivity contribution in [3.05, 3.63) is 28.7 Å². The molecule has 10 heteroatoms. The minimum Gasteiger partial charge on any atom is -0.352 e. The Morgan fingerprint density at radius 3 is 2.38 bits per heavy atom. The highest BCUT2D eigenvalue weighted by Gasteiger charge is 2.18. The van der Waals surface area contributed by atoms with Crippen molar-refractivity contribution in [2.24, 2.45) is 0 Å². The zero-order valence-electron chi connectivity index (χ0n) is 14.1. The van der Waals surface area contributed by atoms with Crippen molar-refractivity contribution in [3.63, 3.8) is 0 Å². The zero-order valence-corrected chi connectivity index (χ0v) is 14.9. The first-order valence-corrected chi connectivity index (χ1v) is 8.67. The van der Waals surface area contributed by atoms with Gasteiger partial charge in [0.2, 0.25) is 21.8 Å². The average Bonchev–Trinajstić information content (AvgIpc) is 2.46. The van der Waals surface area contributed by atoms with Crippen molar-refractivity contribution in [2.45, 2.75) is 31.3 Å². The van der Waals surface area contributed by atoms with Crippen molar-refractivity contribution in [2.75, 3.05) is 20.6 Å². The predicted octanol–water partition coefficient (Wildman–Crippen LogP) is -1.26. The molecule has 134 valence electrons. The molecule has 0 aliphatic rings. The van der Waals surface area contributed by atoms with Crippen LogP contribution in [0.2, 0.25) is 0 Å². The molecule has 1 heterocycles. The van der Waals surface area contributed by atoms with Crippen LogP contribution in [0.3, 0.4) is 0 Å². The maximum atomic E-state index is 12.1. The molecule has 0 bridgehead atoms. The fourth-order valence-corrected chi connectivity index (χ4v) is 2.68. The van der Waals surface area contributed by atoms with E-state index in [0.29, 0.717) is 0 Å². The maximum Gasteiger partial charge on any atom is 0.251 e. The fourth-order valence-electron chi connectivity index (χ4n) is 1.76. The summed E-state index contributed by atoms with van der Waals surface area (Å²) in [7, 11) is -0.982. The van der Waals surface area contributed by atoms with E-state index in [1.807, 2.05) is 0 Å². The predicted molar refractivity (Wildman–Crippen MR) is 87.9 cm³/mol. The van der Waals surface area contributed by atoms with Crippen LogP contribution in [0, 0.1) is 0 Å². The van der Waals surface area contributed by atoms with E-state index in [9.17, 15) is 22.8 Å². The molecule has 1 aromatic heterocycles. The molecule has 2 N–H and O–H groups in total. The molecule has 0 atom stereocenters. The Morgan fingerprint density at radius 2 is 1.83 bits per heavy atom. The fraction of sp³-hybridized carbons (Fsp3) is 0.500. The summed E-state index contributed by atoms with van der Waals surface area (Å²) in [6, 6.07) is 2.21. The molecule has 0 radical (unpaired) electrons. The number of amides is 2. The third kappa shape index (κ3) is 5.46. The summed E-state index contributed by atoms with van der Waals surface area (Å²) in [4.78, 5) is 35.0. The Labute approximate surface area is 140 Å². The van der Waals surface area contributed by atoms with Gasteiger partial charge >= 0.3 is 0 Å². The molecule has 0 unspecified atom stereocenters. The van der Waals surface area contributed by atoms with E-state index >= 15 is 0 Å². The monoisotopic (exact) mass is 358 g/mol. The van der Waals surface area contributed by atoms with Crippen molar-refractivity contribution in [1.82, 2.24) is 19.5 Å². The molecule has 0 spiro atoms. The van der Waals surface area contributed by atoms with Gasteiger partial charge in [-0.3, -0.25) is 14.4 Å². The first-order valence-electron chi connectivity index (χ1n) is 7.23. The molecule has 24 heavy (non-hydrogen) atoms. The summed E-state index contributed by atoms with van der Waals surface area (Å²) in [5, 5.41) is 4.98. The van der Waals surface area contributed by atoms with E-state index in [-0.39, 0.29) is 29.9 Å². The first-order chi connectivity index (χ1) is 11.0. The molecule has 0 aliphatic carbocycles. The van der Waals surface area contributed by atoms with Crippen LogP contribution in [0.5, 0.6) is 0 Å². The lowest BCUT2D eigenvalue weighted by Gasteiger charge is -2.13. The largest absolute Gasteiger partial charge is 0.352 e. The summed E-state index contributed by atoms with van der Waals surface area (Å²) in [6.45, 7) is 2.97. The van der Waals surface area contributed by atoms with Crippen molar-refractivity contribution in [3.8, 4) is 0 Å². The minimum absolute atomic E-state index is 0.0510. The van der Waals surface area contributed by atoms with E-state index in [1.165, 1.54) is 20.2 Å². The van der Waals surface area contributed by atoms with Gasteiger partial charge in [-0.25, -0.2) is 12.7 Å². The second-order valence-corrected chi connectivity index (χ2v) is 7.77. The molecule has 0 saturated heterocycles. The van der Waals surface area contributed by atoms with Gasteiger partial charge in [0.05, 0.1) is 11.4 Å². The number of pyridine rings is 1. The zero-order chi connectivity index (χ0) is 18.5. The molecule has 2 amide bonds. The number of rotatable bonds is 7. The molecule has 0 aliphatic heterocycles. The Bertz CT molecular complexity index is 768. The van der Waals surface area contributed by atoms with Gasteiger partial charge < -0.3 is 15.2 Å². The smallest absolute Gasteiger partial charge is 0.251 e. The van der Waals surface area contributed by atoms with Crippen LogP contribution in [0.1, 0.15) is 13.8 Å². The molecule has 9 nitrogen and oxygen atoms in total. The van der Waals surface area contributed by atoms with Crippen LogP contribution in [0.25, 0.3) is 0 Å². The average molecular weight is 358 g/mol. The number of nitrogens with zero attached hydrogens (tertiary/aromatic N) is 2. The van der Waals surface area contributed by atoms with Gasteiger partial charge in [0.1, 0.15) is 6.54 Å². The number of hydrogen-bond donors (Lipinski definition) is 2. The van der Waals surface area contributed by atoms with Gasteiger partial charge in [-0.1, -0.05) is 0 Å². The number of sulfonamides is 1. The third-order valence-corrected chi connectivity index (χ3v) is 4.74. The number of aromatic nitrogens is 1. The van der Waals surface area contributed by atoms with Gasteiger partial charge in [-0.15, -0.1) is 0 Å². The summed E-state index contributed by atoms with van der Waals surface area (Å²) in [6.07, 6.45) is 1.10. The number of carbonyl (C=O) groups is 2. The van der Waals surface area contributed by atoms with Crippen LogP contribution >= 0.6 is 0 Å². The van der Waals surface area contributed by atoms with Gasteiger partial charge in [0, 0.05) is 32.4 Å². The highest BCUT2D eigenvalue weighted by molar-refractivity contribution is 7.89. The molecular formula is C14H22N4O5S. The topological polar surface area (TPSA) is 118 Å². The van der Waals surface area contributed by atoms with Crippen LogP contribution in [0.4, 0.5) is 0 Å². The van der Waals surface area contributed by atoms with Gasteiger partial charge in [0.25, 0.3) is 5.56 Å². The van der Waals surface area contributed by atoms with E-state index in [0.717, 1.165) is 21.1 Å². The van der Waals surface area contributed by atoms with Crippen LogP contribution in [0.15, 0.2) is 28.0 Å². The lowest BCUT2D eigenvalue weighted by atomic mass is 10.4. The molecule has 0 saturated carbocycles. The quantitative estimate of drug-likeness (QED) is 0.631. The summed E-state index contributed by atoms with van der Waals surface area (Å²) in [5.74, 6) is -0.926. The van der Waals surface area contributed by atoms with E-state index < -0.39 is 21.5 Å². The lowest BCUT2D eigenvalue weighted by molar-refractivity contribution is -0.126. The third-order valence-electron chi connectivity index (χ3n) is 2.94.